The van der Waals surface area contributed by atoms with Gasteiger partial charge in [-0.05, 0) is 56.8 Å². The number of hydrogen-bond acceptors (Lipinski definition) is 2. The lowest BCUT2D eigenvalue weighted by atomic mass is 10.0. The monoisotopic (exact) mass is 314 g/mol. The Hall–Kier alpha value is -2.20. The molecule has 0 aliphatic carbocycles. The third-order valence-corrected chi connectivity index (χ3v) is 4.00. The predicted molar refractivity (Wildman–Crippen MR) is 91.1 cm³/mol. The van der Waals surface area contributed by atoms with Gasteiger partial charge in [0, 0.05) is 6.54 Å². The summed E-state index contributed by atoms with van der Waals surface area (Å²) in [6.45, 7) is 4.27. The van der Waals surface area contributed by atoms with Gasteiger partial charge >= 0.3 is 0 Å². The van der Waals surface area contributed by atoms with Crippen molar-refractivity contribution in [2.45, 2.75) is 19.9 Å². The van der Waals surface area contributed by atoms with E-state index in [-0.39, 0.29) is 17.5 Å². The average molecular weight is 314 g/mol. The zero-order chi connectivity index (χ0) is 17.0. The standard InChI is InChI=1S/C19H23FN2O/c1-13-9-10-16(17(20)11-13)19(23)21-12-18(22(3)4)15-8-6-5-7-14(15)2/h5-11,18H,12H2,1-4H3,(H,21,23). The summed E-state index contributed by atoms with van der Waals surface area (Å²) < 4.78 is 13.9. The molecule has 0 heterocycles. The second kappa shape index (κ2) is 7.38. The first-order chi connectivity index (χ1) is 10.9. The third-order valence-electron chi connectivity index (χ3n) is 4.00. The highest BCUT2D eigenvalue weighted by Crippen LogP contribution is 2.21. The van der Waals surface area contributed by atoms with Gasteiger partial charge in [-0.1, -0.05) is 30.3 Å². The minimum absolute atomic E-state index is 0.0358. The van der Waals surface area contributed by atoms with Crippen LogP contribution in [-0.4, -0.2) is 31.4 Å². The van der Waals surface area contributed by atoms with Gasteiger partial charge in [-0.3, -0.25) is 4.79 Å². The number of rotatable bonds is 5. The number of amides is 1. The second-order valence-corrected chi connectivity index (χ2v) is 6.03. The lowest BCUT2D eigenvalue weighted by Gasteiger charge is -2.26. The molecule has 4 heteroatoms. The van der Waals surface area contributed by atoms with Crippen LogP contribution in [0.3, 0.4) is 0 Å². The molecule has 1 amide bonds. The van der Waals surface area contributed by atoms with Crippen LogP contribution in [0.2, 0.25) is 0 Å². The molecule has 0 aliphatic heterocycles. The summed E-state index contributed by atoms with van der Waals surface area (Å²) in [6.07, 6.45) is 0. The molecule has 0 fully saturated rings. The average Bonchev–Trinajstić information content (AvgIpc) is 2.48. The Labute approximate surface area is 137 Å². The van der Waals surface area contributed by atoms with Gasteiger partial charge in [0.15, 0.2) is 0 Å². The van der Waals surface area contributed by atoms with E-state index in [9.17, 15) is 9.18 Å². The number of nitrogens with zero attached hydrogens (tertiary/aromatic N) is 1. The van der Waals surface area contributed by atoms with E-state index in [0.29, 0.717) is 6.54 Å². The first-order valence-corrected chi connectivity index (χ1v) is 7.66. The highest BCUT2D eigenvalue weighted by Gasteiger charge is 2.18. The number of aryl methyl sites for hydroxylation is 2. The van der Waals surface area contributed by atoms with Crippen molar-refractivity contribution in [3.63, 3.8) is 0 Å². The molecule has 2 rings (SSSR count). The van der Waals surface area contributed by atoms with E-state index in [1.54, 1.807) is 13.0 Å². The molecular weight excluding hydrogens is 291 g/mol. The van der Waals surface area contributed by atoms with Gasteiger partial charge < -0.3 is 10.2 Å². The van der Waals surface area contributed by atoms with Crippen molar-refractivity contribution < 1.29 is 9.18 Å². The third kappa shape index (κ3) is 4.17. The van der Waals surface area contributed by atoms with Gasteiger partial charge in [0.2, 0.25) is 0 Å². The summed E-state index contributed by atoms with van der Waals surface area (Å²) in [4.78, 5) is 14.3. The number of carbonyl (C=O) groups excluding carboxylic acids is 1. The number of nitrogens with one attached hydrogen (secondary N) is 1. The summed E-state index contributed by atoms with van der Waals surface area (Å²) in [5.41, 5.74) is 3.20. The molecule has 0 bridgehead atoms. The number of halogens is 1. The molecule has 1 unspecified atom stereocenters. The highest BCUT2D eigenvalue weighted by atomic mass is 19.1. The van der Waals surface area contributed by atoms with Gasteiger partial charge in [-0.25, -0.2) is 4.39 Å². The second-order valence-electron chi connectivity index (χ2n) is 6.03. The van der Waals surface area contributed by atoms with Crippen LogP contribution < -0.4 is 5.32 Å². The Bertz CT molecular complexity index is 698. The molecular formula is C19H23FN2O. The van der Waals surface area contributed by atoms with E-state index >= 15 is 0 Å². The molecule has 2 aromatic carbocycles. The molecule has 23 heavy (non-hydrogen) atoms. The van der Waals surface area contributed by atoms with Gasteiger partial charge in [-0.2, -0.15) is 0 Å². The van der Waals surface area contributed by atoms with Crippen LogP contribution in [0, 0.1) is 19.7 Å². The smallest absolute Gasteiger partial charge is 0.254 e. The topological polar surface area (TPSA) is 32.3 Å². The fourth-order valence-corrected chi connectivity index (χ4v) is 2.62. The molecule has 0 spiro atoms. The van der Waals surface area contributed by atoms with Gasteiger partial charge in [0.1, 0.15) is 5.82 Å². The first-order valence-electron chi connectivity index (χ1n) is 7.66. The van der Waals surface area contributed by atoms with E-state index in [0.717, 1.165) is 11.1 Å². The molecule has 2 aromatic rings. The van der Waals surface area contributed by atoms with Crippen molar-refractivity contribution in [2.75, 3.05) is 20.6 Å². The lowest BCUT2D eigenvalue weighted by Crippen LogP contribution is -2.35. The van der Waals surface area contributed by atoms with Crippen LogP contribution in [-0.2, 0) is 0 Å². The van der Waals surface area contributed by atoms with E-state index in [4.69, 9.17) is 0 Å². The predicted octanol–water partition coefficient (Wildman–Crippen LogP) is 3.48. The van der Waals surface area contributed by atoms with Gasteiger partial charge in [0.25, 0.3) is 5.91 Å². The number of likely N-dealkylation sites (N-methyl/N-ethyl adjacent to an activating group) is 1. The van der Waals surface area contributed by atoms with Crippen molar-refractivity contribution in [2.24, 2.45) is 0 Å². The fourth-order valence-electron chi connectivity index (χ4n) is 2.62. The summed E-state index contributed by atoms with van der Waals surface area (Å²) >= 11 is 0. The number of benzene rings is 2. The largest absolute Gasteiger partial charge is 0.350 e. The van der Waals surface area contributed by atoms with Crippen molar-refractivity contribution >= 4 is 5.91 Å². The minimum Gasteiger partial charge on any atom is -0.350 e. The van der Waals surface area contributed by atoms with Crippen LogP contribution in [0.25, 0.3) is 0 Å². The van der Waals surface area contributed by atoms with Crippen LogP contribution >= 0.6 is 0 Å². The Morgan fingerprint density at radius 2 is 1.87 bits per heavy atom. The molecule has 0 aliphatic rings. The molecule has 0 saturated carbocycles. The zero-order valence-corrected chi connectivity index (χ0v) is 14.1. The summed E-state index contributed by atoms with van der Waals surface area (Å²) in [7, 11) is 3.94. The maximum atomic E-state index is 13.9. The van der Waals surface area contributed by atoms with Gasteiger partial charge in [-0.15, -0.1) is 0 Å². The number of hydrogen-bond donors (Lipinski definition) is 1. The molecule has 0 aromatic heterocycles. The quantitative estimate of drug-likeness (QED) is 0.916. The normalized spacial score (nSPS) is 12.3. The van der Waals surface area contributed by atoms with Crippen molar-refractivity contribution in [3.8, 4) is 0 Å². The first kappa shape index (κ1) is 17.2. The maximum absolute atomic E-state index is 13.9. The van der Waals surface area contributed by atoms with Crippen LogP contribution in [0.5, 0.6) is 0 Å². The molecule has 0 saturated heterocycles. The Kier molecular flexibility index (Phi) is 5.50. The van der Waals surface area contributed by atoms with Crippen molar-refractivity contribution in [1.82, 2.24) is 10.2 Å². The SMILES string of the molecule is Cc1ccc(C(=O)NCC(c2ccccc2C)N(C)C)c(F)c1. The van der Waals surface area contributed by atoms with Crippen LogP contribution in [0.15, 0.2) is 42.5 Å². The molecule has 3 nitrogen and oxygen atoms in total. The van der Waals surface area contributed by atoms with E-state index in [2.05, 4.69) is 11.4 Å². The Morgan fingerprint density at radius 3 is 2.48 bits per heavy atom. The molecule has 1 atom stereocenters. The van der Waals surface area contributed by atoms with Crippen molar-refractivity contribution in [1.29, 1.82) is 0 Å². The molecule has 1 N–H and O–H groups in total. The minimum atomic E-state index is -0.486. The Morgan fingerprint density at radius 1 is 1.17 bits per heavy atom. The number of carbonyl (C=O) groups is 1. The van der Waals surface area contributed by atoms with E-state index < -0.39 is 5.82 Å². The van der Waals surface area contributed by atoms with Crippen molar-refractivity contribution in [3.05, 3.63) is 70.5 Å². The van der Waals surface area contributed by atoms with Crippen LogP contribution in [0.1, 0.15) is 33.1 Å². The summed E-state index contributed by atoms with van der Waals surface area (Å²) in [5, 5.41) is 2.85. The molecule has 122 valence electrons. The fraction of sp³-hybridized carbons (Fsp3) is 0.316. The maximum Gasteiger partial charge on any atom is 0.254 e. The Balaban J connectivity index is 2.13. The van der Waals surface area contributed by atoms with E-state index in [1.807, 2.05) is 44.1 Å². The lowest BCUT2D eigenvalue weighted by molar-refractivity contribution is 0.0938. The van der Waals surface area contributed by atoms with Gasteiger partial charge in [0.05, 0.1) is 11.6 Å². The molecule has 0 radical (unpaired) electrons. The summed E-state index contributed by atoms with van der Waals surface area (Å²) in [5.74, 6) is -0.872. The van der Waals surface area contributed by atoms with E-state index in [1.165, 1.54) is 17.7 Å². The summed E-state index contributed by atoms with van der Waals surface area (Å²) in [6, 6.07) is 12.8. The highest BCUT2D eigenvalue weighted by molar-refractivity contribution is 5.94. The van der Waals surface area contributed by atoms with Crippen LogP contribution in [0.4, 0.5) is 4.39 Å². The zero-order valence-electron chi connectivity index (χ0n) is 14.1.